The van der Waals surface area contributed by atoms with Crippen LogP contribution in [-0.2, 0) is 19.1 Å². The van der Waals surface area contributed by atoms with Gasteiger partial charge in [0.25, 0.3) is 0 Å². The van der Waals surface area contributed by atoms with E-state index < -0.39 is 47.3 Å². The van der Waals surface area contributed by atoms with Gasteiger partial charge in [0.05, 0.1) is 23.3 Å². The maximum atomic E-state index is 15.0. The van der Waals surface area contributed by atoms with Crippen molar-refractivity contribution in [2.24, 2.45) is 17.3 Å². The van der Waals surface area contributed by atoms with E-state index in [1.54, 1.807) is 44.2 Å². The zero-order valence-corrected chi connectivity index (χ0v) is 25.4. The number of aliphatic carboxylic acids is 1. The molecule has 0 fully saturated rings. The van der Waals surface area contributed by atoms with Crippen molar-refractivity contribution < 1.29 is 29.3 Å². The van der Waals surface area contributed by atoms with Crippen molar-refractivity contribution in [1.29, 1.82) is 0 Å². The van der Waals surface area contributed by atoms with Crippen LogP contribution in [0.1, 0.15) is 85.6 Å². The molecule has 41 heavy (non-hydrogen) atoms. The molecule has 1 aliphatic carbocycles. The van der Waals surface area contributed by atoms with E-state index in [1.165, 1.54) is 0 Å². The Hall–Kier alpha value is -3.67. The second-order valence-electron chi connectivity index (χ2n) is 12.2. The monoisotopic (exact) mass is 560 g/mol. The zero-order valence-electron chi connectivity index (χ0n) is 25.4. The Bertz CT molecular complexity index is 1330. The minimum atomic E-state index is -1.33. The Morgan fingerprint density at radius 1 is 1.05 bits per heavy atom. The molecule has 1 heterocycles. The zero-order chi connectivity index (χ0) is 30.6. The van der Waals surface area contributed by atoms with Crippen LogP contribution in [-0.4, -0.2) is 33.9 Å². The van der Waals surface area contributed by atoms with Crippen LogP contribution in [0.4, 0.5) is 0 Å². The summed E-state index contributed by atoms with van der Waals surface area (Å²) in [7, 11) is 0. The highest BCUT2D eigenvalue weighted by Crippen LogP contribution is 2.54. The number of aliphatic hydroxyl groups is 1. The minimum Gasteiger partial charge on any atom is -0.507 e. The molecule has 6 nitrogen and oxygen atoms in total. The van der Waals surface area contributed by atoms with Gasteiger partial charge in [-0.15, -0.1) is 0 Å². The van der Waals surface area contributed by atoms with Crippen LogP contribution in [0.2, 0.25) is 0 Å². The number of hydrogen-bond donors (Lipinski definition) is 2. The molecule has 1 aromatic carbocycles. The van der Waals surface area contributed by atoms with Gasteiger partial charge in [-0.25, -0.2) is 0 Å². The van der Waals surface area contributed by atoms with Crippen LogP contribution in [0.15, 0.2) is 88.4 Å². The maximum Gasteiger partial charge on any atom is 0.304 e. The lowest BCUT2D eigenvalue weighted by atomic mass is 9.61. The van der Waals surface area contributed by atoms with E-state index in [0.29, 0.717) is 18.4 Å². The largest absolute Gasteiger partial charge is 0.507 e. The fourth-order valence-corrected chi connectivity index (χ4v) is 5.74. The average molecular weight is 561 g/mol. The Morgan fingerprint density at radius 2 is 1.66 bits per heavy atom. The van der Waals surface area contributed by atoms with E-state index in [2.05, 4.69) is 12.7 Å². The summed E-state index contributed by atoms with van der Waals surface area (Å²) >= 11 is 0. The van der Waals surface area contributed by atoms with Crippen molar-refractivity contribution in [2.45, 2.75) is 86.2 Å². The smallest absolute Gasteiger partial charge is 0.304 e. The topological polar surface area (TPSA) is 101 Å². The van der Waals surface area contributed by atoms with Gasteiger partial charge in [0.2, 0.25) is 0 Å². The van der Waals surface area contributed by atoms with E-state index >= 15 is 4.79 Å². The average Bonchev–Trinajstić information content (AvgIpc) is 2.90. The van der Waals surface area contributed by atoms with Gasteiger partial charge in [0, 0.05) is 11.5 Å². The summed E-state index contributed by atoms with van der Waals surface area (Å²) < 4.78 is 6.44. The Balaban J connectivity index is 2.41. The molecule has 0 bridgehead atoms. The first kappa shape index (κ1) is 31.9. The number of carbonyl (C=O) groups is 3. The van der Waals surface area contributed by atoms with Gasteiger partial charge in [-0.05, 0) is 72.3 Å². The second kappa shape index (κ2) is 12.9. The van der Waals surface area contributed by atoms with Gasteiger partial charge in [-0.1, -0.05) is 72.7 Å². The van der Waals surface area contributed by atoms with Crippen molar-refractivity contribution in [3.05, 3.63) is 94.0 Å². The minimum absolute atomic E-state index is 0.00126. The summed E-state index contributed by atoms with van der Waals surface area (Å²) in [5, 5.41) is 21.7. The number of carboxylic acid groups (broad SMARTS) is 1. The SMILES string of the molecule is C=C(C)C(CC=C(C)C)CC1(CC=C(C)C)C(=O)C(C(CC(=O)O)c2ccccc2)=C(O)C2=C1O[C@H](C)[C@@H](C)C2=O. The summed E-state index contributed by atoms with van der Waals surface area (Å²) in [5.74, 6) is -3.72. The first-order valence-electron chi connectivity index (χ1n) is 14.3. The highest BCUT2D eigenvalue weighted by atomic mass is 16.5. The number of carbonyl (C=O) groups excluding carboxylic acids is 2. The molecule has 1 aliphatic heterocycles. The lowest BCUT2D eigenvalue weighted by Gasteiger charge is -2.45. The van der Waals surface area contributed by atoms with Crippen molar-refractivity contribution in [3.8, 4) is 0 Å². The van der Waals surface area contributed by atoms with Gasteiger partial charge >= 0.3 is 5.97 Å². The van der Waals surface area contributed by atoms with Gasteiger partial charge in [-0.3, -0.25) is 14.4 Å². The van der Waals surface area contributed by atoms with Gasteiger partial charge in [0.1, 0.15) is 17.6 Å². The fourth-order valence-electron chi connectivity index (χ4n) is 5.74. The second-order valence-corrected chi connectivity index (χ2v) is 12.2. The quantitative estimate of drug-likeness (QED) is 0.268. The van der Waals surface area contributed by atoms with Crippen molar-refractivity contribution in [2.75, 3.05) is 0 Å². The summed E-state index contributed by atoms with van der Waals surface area (Å²) in [6.07, 6.45) is 4.34. The first-order valence-corrected chi connectivity index (χ1v) is 14.3. The maximum absolute atomic E-state index is 15.0. The highest BCUT2D eigenvalue weighted by molar-refractivity contribution is 6.13. The standard InChI is InChI=1S/C35H44O6/c1-20(2)14-15-26(22(5)6)19-35(17-16-21(3)4)33(40)29(27(18-28(36)37)25-12-10-9-11-13-25)32(39)30-31(38)23(7)24(8)41-34(30)35/h9-14,16,23-24,26-27,39H,5,15,17-19H2,1-4,6-8H3,(H,36,37)/t23-,24-,26?,27?,35?/m1/s1. The van der Waals surface area contributed by atoms with Crippen molar-refractivity contribution in [3.63, 3.8) is 0 Å². The van der Waals surface area contributed by atoms with Crippen LogP contribution in [0.3, 0.4) is 0 Å². The Labute approximate surface area is 244 Å². The molecule has 5 atom stereocenters. The summed E-state index contributed by atoms with van der Waals surface area (Å²) in [6, 6.07) is 8.84. The highest BCUT2D eigenvalue weighted by Gasteiger charge is 2.56. The van der Waals surface area contributed by atoms with Crippen LogP contribution >= 0.6 is 0 Å². The van der Waals surface area contributed by atoms with Gasteiger partial charge in [0.15, 0.2) is 11.6 Å². The third-order valence-electron chi connectivity index (χ3n) is 8.39. The predicted molar refractivity (Wildman–Crippen MR) is 161 cm³/mol. The molecule has 0 radical (unpaired) electrons. The van der Waals surface area contributed by atoms with E-state index in [0.717, 1.165) is 16.7 Å². The molecule has 220 valence electrons. The number of aliphatic hydroxyl groups excluding tert-OH is 1. The molecular weight excluding hydrogens is 516 g/mol. The van der Waals surface area contributed by atoms with E-state index in [-0.39, 0.29) is 35.0 Å². The predicted octanol–water partition coefficient (Wildman–Crippen LogP) is 7.80. The van der Waals surface area contributed by atoms with Crippen LogP contribution in [0, 0.1) is 17.3 Å². The number of hydrogen-bond acceptors (Lipinski definition) is 5. The lowest BCUT2D eigenvalue weighted by molar-refractivity contribution is -0.137. The molecular formula is C35H44O6. The third-order valence-corrected chi connectivity index (χ3v) is 8.39. The number of allylic oxidation sites excluding steroid dienone is 8. The number of rotatable bonds is 11. The number of ether oxygens (including phenoxy) is 1. The van der Waals surface area contributed by atoms with E-state index in [1.807, 2.05) is 40.7 Å². The third kappa shape index (κ3) is 6.64. The molecule has 2 N–H and O–H groups in total. The molecule has 0 amide bonds. The number of ketones is 2. The molecule has 2 aliphatic rings. The normalized spacial score (nSPS) is 23.8. The van der Waals surface area contributed by atoms with Crippen molar-refractivity contribution >= 4 is 17.5 Å². The molecule has 6 heteroatoms. The number of carboxylic acids is 1. The van der Waals surface area contributed by atoms with Crippen LogP contribution in [0.25, 0.3) is 0 Å². The van der Waals surface area contributed by atoms with Gasteiger partial charge in [-0.2, -0.15) is 0 Å². The summed E-state index contributed by atoms with van der Waals surface area (Å²) in [5.41, 5.74) is 2.23. The number of benzene rings is 1. The molecule has 0 aromatic heterocycles. The first-order chi connectivity index (χ1) is 19.2. The van der Waals surface area contributed by atoms with Crippen molar-refractivity contribution in [1.82, 2.24) is 0 Å². The van der Waals surface area contributed by atoms with E-state index in [9.17, 15) is 19.8 Å². The fraction of sp³-hybridized carbons (Fsp3) is 0.457. The molecule has 0 spiro atoms. The molecule has 3 unspecified atom stereocenters. The Kier molecular flexibility index (Phi) is 10.0. The number of Topliss-reactive ketones (excluding diaryl/α,β-unsaturated/α-hetero) is 2. The Morgan fingerprint density at radius 3 is 2.20 bits per heavy atom. The van der Waals surface area contributed by atoms with Gasteiger partial charge < -0.3 is 14.9 Å². The van der Waals surface area contributed by atoms with Crippen LogP contribution in [0.5, 0.6) is 0 Å². The summed E-state index contributed by atoms with van der Waals surface area (Å²) in [6.45, 7) is 17.6. The lowest BCUT2D eigenvalue weighted by Crippen LogP contribution is -2.48. The van der Waals surface area contributed by atoms with Crippen LogP contribution < -0.4 is 0 Å². The molecule has 0 saturated carbocycles. The molecule has 1 aromatic rings. The molecule has 0 saturated heterocycles. The van der Waals surface area contributed by atoms with E-state index in [4.69, 9.17) is 4.74 Å². The molecule has 3 rings (SSSR count). The summed E-state index contributed by atoms with van der Waals surface area (Å²) in [4.78, 5) is 41.0.